The minimum absolute atomic E-state index is 1.07. The number of nitrogens with zero attached hydrogens (tertiary/aromatic N) is 2. The molecule has 0 aliphatic heterocycles. The van der Waals surface area contributed by atoms with E-state index in [1.165, 1.54) is 34.2 Å². The normalized spacial score (nSPS) is 14.2. The zero-order chi connectivity index (χ0) is 22.7. The fourth-order valence-electron chi connectivity index (χ4n) is 4.88. The van der Waals surface area contributed by atoms with E-state index < -0.39 is 0 Å². The van der Waals surface area contributed by atoms with Gasteiger partial charge >= 0.3 is 0 Å². The molecule has 0 bridgehead atoms. The van der Waals surface area contributed by atoms with Crippen LogP contribution < -0.4 is 4.90 Å². The van der Waals surface area contributed by atoms with Gasteiger partial charge in [0.15, 0.2) is 0 Å². The standard InChI is InChI=1S/C32H26N2/c1-3-13-28(14-4-1)34(29-15-5-2-6-16-29)30-20-18-24(19-21-30)22-26-11-9-12-27-23-25-10-7-8-17-31(25)33-32(26)27/h1-8,10,13-23H,9,11-12H2. The zero-order valence-electron chi connectivity index (χ0n) is 19.1. The van der Waals surface area contributed by atoms with Gasteiger partial charge < -0.3 is 4.90 Å². The second kappa shape index (κ2) is 8.99. The monoisotopic (exact) mass is 438 g/mol. The van der Waals surface area contributed by atoms with Gasteiger partial charge in [-0.2, -0.15) is 0 Å². The number of allylic oxidation sites excluding steroid dienone is 1. The van der Waals surface area contributed by atoms with Gasteiger partial charge in [-0.25, -0.2) is 4.98 Å². The lowest BCUT2D eigenvalue weighted by Crippen LogP contribution is -2.09. The molecule has 0 amide bonds. The molecule has 0 atom stereocenters. The van der Waals surface area contributed by atoms with E-state index in [0.29, 0.717) is 0 Å². The van der Waals surface area contributed by atoms with E-state index in [1.807, 2.05) is 0 Å². The fourth-order valence-corrected chi connectivity index (χ4v) is 4.88. The first-order valence-electron chi connectivity index (χ1n) is 11.9. The van der Waals surface area contributed by atoms with Crippen LogP contribution in [0.3, 0.4) is 0 Å². The number of hydrogen-bond donors (Lipinski definition) is 0. The summed E-state index contributed by atoms with van der Waals surface area (Å²) in [6, 6.07) is 40.7. The summed E-state index contributed by atoms with van der Waals surface area (Å²) in [5.41, 5.74) is 9.61. The van der Waals surface area contributed by atoms with E-state index in [2.05, 4.69) is 126 Å². The van der Waals surface area contributed by atoms with Crippen LogP contribution in [-0.4, -0.2) is 4.98 Å². The number of anilines is 3. The lowest BCUT2D eigenvalue weighted by Gasteiger charge is -2.25. The van der Waals surface area contributed by atoms with Crippen molar-refractivity contribution in [3.05, 3.63) is 132 Å². The van der Waals surface area contributed by atoms with Gasteiger partial charge in [-0.05, 0) is 90.6 Å². The molecule has 0 spiro atoms. The Balaban J connectivity index is 1.36. The number of fused-ring (bicyclic) bond motifs is 2. The molecule has 2 heteroatoms. The summed E-state index contributed by atoms with van der Waals surface area (Å²) in [6.07, 6.45) is 5.67. The fraction of sp³-hybridized carbons (Fsp3) is 0.0938. The van der Waals surface area contributed by atoms with Gasteiger partial charge in [0, 0.05) is 22.4 Å². The zero-order valence-corrected chi connectivity index (χ0v) is 19.1. The van der Waals surface area contributed by atoms with Crippen molar-refractivity contribution in [3.63, 3.8) is 0 Å². The molecule has 1 aliphatic carbocycles. The summed E-state index contributed by atoms with van der Waals surface area (Å²) in [5, 5.41) is 1.23. The van der Waals surface area contributed by atoms with Crippen molar-refractivity contribution in [2.24, 2.45) is 0 Å². The molecule has 4 aromatic carbocycles. The molecular formula is C32H26N2. The smallest absolute Gasteiger partial charge is 0.0709 e. The van der Waals surface area contributed by atoms with Gasteiger partial charge in [-0.15, -0.1) is 0 Å². The number of pyridine rings is 1. The van der Waals surface area contributed by atoms with E-state index >= 15 is 0 Å². The Morgan fingerprint density at radius 3 is 1.94 bits per heavy atom. The maximum atomic E-state index is 5.04. The Bertz CT molecular complexity index is 1410. The minimum Gasteiger partial charge on any atom is -0.311 e. The molecule has 164 valence electrons. The Morgan fingerprint density at radius 2 is 1.24 bits per heavy atom. The van der Waals surface area contributed by atoms with Crippen molar-refractivity contribution in [2.75, 3.05) is 4.90 Å². The first-order valence-corrected chi connectivity index (χ1v) is 11.9. The van der Waals surface area contributed by atoms with Crippen LogP contribution in [-0.2, 0) is 6.42 Å². The van der Waals surface area contributed by atoms with Crippen LogP contribution in [0.15, 0.2) is 115 Å². The van der Waals surface area contributed by atoms with Crippen molar-refractivity contribution in [2.45, 2.75) is 19.3 Å². The van der Waals surface area contributed by atoms with Crippen LogP contribution in [0.5, 0.6) is 0 Å². The molecule has 6 rings (SSSR count). The van der Waals surface area contributed by atoms with Crippen LogP contribution in [0, 0.1) is 0 Å². The highest BCUT2D eigenvalue weighted by Gasteiger charge is 2.17. The first kappa shape index (κ1) is 20.4. The summed E-state index contributed by atoms with van der Waals surface area (Å²) in [5.74, 6) is 0. The molecule has 0 saturated carbocycles. The number of aromatic nitrogens is 1. The first-order chi connectivity index (χ1) is 16.8. The van der Waals surface area contributed by atoms with Gasteiger partial charge in [0.05, 0.1) is 11.2 Å². The number of benzene rings is 4. The van der Waals surface area contributed by atoms with Crippen LogP contribution >= 0.6 is 0 Å². The van der Waals surface area contributed by atoms with Crippen LogP contribution in [0.1, 0.15) is 29.7 Å². The van der Waals surface area contributed by atoms with Gasteiger partial charge in [0.1, 0.15) is 0 Å². The molecule has 5 aromatic rings. The molecule has 0 fully saturated rings. The molecule has 0 saturated heterocycles. The lowest BCUT2D eigenvalue weighted by atomic mass is 9.89. The van der Waals surface area contributed by atoms with E-state index in [0.717, 1.165) is 35.4 Å². The van der Waals surface area contributed by atoms with Crippen molar-refractivity contribution >= 4 is 39.6 Å². The Labute approximate surface area is 200 Å². The minimum atomic E-state index is 1.07. The van der Waals surface area contributed by atoms with E-state index in [-0.39, 0.29) is 0 Å². The van der Waals surface area contributed by atoms with E-state index in [9.17, 15) is 0 Å². The summed E-state index contributed by atoms with van der Waals surface area (Å²) in [7, 11) is 0. The summed E-state index contributed by atoms with van der Waals surface area (Å²) >= 11 is 0. The van der Waals surface area contributed by atoms with Gasteiger partial charge in [0.25, 0.3) is 0 Å². The molecule has 1 aromatic heterocycles. The third-order valence-corrected chi connectivity index (χ3v) is 6.52. The molecular weight excluding hydrogens is 412 g/mol. The Morgan fingerprint density at radius 1 is 0.618 bits per heavy atom. The highest BCUT2D eigenvalue weighted by Crippen LogP contribution is 2.36. The average Bonchev–Trinajstić information content (AvgIpc) is 2.90. The van der Waals surface area contributed by atoms with Gasteiger partial charge in [-0.1, -0.05) is 66.7 Å². The summed E-state index contributed by atoms with van der Waals surface area (Å²) in [4.78, 5) is 7.33. The molecule has 0 radical (unpaired) electrons. The molecule has 0 N–H and O–H groups in total. The second-order valence-electron chi connectivity index (χ2n) is 8.81. The number of rotatable bonds is 4. The maximum absolute atomic E-state index is 5.04. The van der Waals surface area contributed by atoms with E-state index in [1.54, 1.807) is 0 Å². The second-order valence-corrected chi connectivity index (χ2v) is 8.81. The maximum Gasteiger partial charge on any atom is 0.0709 e. The quantitative estimate of drug-likeness (QED) is 0.279. The molecule has 0 unspecified atom stereocenters. The highest BCUT2D eigenvalue weighted by atomic mass is 15.1. The topological polar surface area (TPSA) is 16.1 Å². The van der Waals surface area contributed by atoms with Crippen molar-refractivity contribution in [3.8, 4) is 0 Å². The molecule has 2 nitrogen and oxygen atoms in total. The highest BCUT2D eigenvalue weighted by molar-refractivity contribution is 5.88. The van der Waals surface area contributed by atoms with Gasteiger partial charge in [-0.3, -0.25) is 0 Å². The Hall–Kier alpha value is -4.17. The average molecular weight is 439 g/mol. The predicted octanol–water partition coefficient (Wildman–Crippen LogP) is 8.58. The molecule has 1 heterocycles. The number of hydrogen-bond acceptors (Lipinski definition) is 2. The van der Waals surface area contributed by atoms with Crippen LogP contribution in [0.2, 0.25) is 0 Å². The van der Waals surface area contributed by atoms with Crippen LogP contribution in [0.25, 0.3) is 22.6 Å². The predicted molar refractivity (Wildman–Crippen MR) is 144 cm³/mol. The third-order valence-electron chi connectivity index (χ3n) is 6.52. The largest absolute Gasteiger partial charge is 0.311 e. The summed E-state index contributed by atoms with van der Waals surface area (Å²) < 4.78 is 0. The summed E-state index contributed by atoms with van der Waals surface area (Å²) in [6.45, 7) is 0. The number of aryl methyl sites for hydroxylation is 1. The van der Waals surface area contributed by atoms with Crippen molar-refractivity contribution in [1.82, 2.24) is 4.98 Å². The Kier molecular flexibility index (Phi) is 5.41. The van der Waals surface area contributed by atoms with Crippen molar-refractivity contribution in [1.29, 1.82) is 0 Å². The molecule has 1 aliphatic rings. The third kappa shape index (κ3) is 3.99. The SMILES string of the molecule is C(=C1CCCc2cc3ccccc3nc21)c1ccc(N(c2ccccc2)c2ccccc2)cc1. The molecule has 34 heavy (non-hydrogen) atoms. The van der Waals surface area contributed by atoms with Crippen LogP contribution in [0.4, 0.5) is 17.1 Å². The number of para-hydroxylation sites is 3. The van der Waals surface area contributed by atoms with Crippen molar-refractivity contribution < 1.29 is 0 Å². The van der Waals surface area contributed by atoms with E-state index in [4.69, 9.17) is 4.98 Å². The van der Waals surface area contributed by atoms with Gasteiger partial charge in [0.2, 0.25) is 0 Å². The lowest BCUT2D eigenvalue weighted by molar-refractivity contribution is 0.815.